The fraction of sp³-hybridized carbons (Fsp3) is 0.562. The van der Waals surface area contributed by atoms with Crippen molar-refractivity contribution >= 4 is 11.6 Å². The van der Waals surface area contributed by atoms with Crippen molar-refractivity contribution in [3.05, 3.63) is 34.4 Å². The lowest BCUT2D eigenvalue weighted by Crippen LogP contribution is -2.46. The lowest BCUT2D eigenvalue weighted by molar-refractivity contribution is -0.385. The van der Waals surface area contributed by atoms with E-state index >= 15 is 0 Å². The van der Waals surface area contributed by atoms with Crippen molar-refractivity contribution in [3.8, 4) is 5.75 Å². The van der Waals surface area contributed by atoms with E-state index in [1.165, 1.54) is 12.1 Å². The van der Waals surface area contributed by atoms with Crippen molar-refractivity contribution in [2.24, 2.45) is 0 Å². The molecule has 0 spiro atoms. The number of hydrogen-bond donors (Lipinski definition) is 1. The molecule has 7 heteroatoms. The first kappa shape index (κ1) is 17.2. The smallest absolute Gasteiger partial charge is 0.310 e. The molecule has 0 aromatic heterocycles. The fourth-order valence-corrected chi connectivity index (χ4v) is 2.76. The summed E-state index contributed by atoms with van der Waals surface area (Å²) in [7, 11) is 0. The van der Waals surface area contributed by atoms with E-state index in [-0.39, 0.29) is 30.0 Å². The van der Waals surface area contributed by atoms with Gasteiger partial charge in [-0.05, 0) is 31.9 Å². The van der Waals surface area contributed by atoms with Crippen LogP contribution in [0.25, 0.3) is 0 Å². The number of hydrogen-bond acceptors (Lipinski definition) is 5. The highest BCUT2D eigenvalue weighted by Gasteiger charge is 2.21. The number of carbonyl (C=O) groups is 1. The predicted octanol–water partition coefficient (Wildman–Crippen LogP) is 1.96. The predicted molar refractivity (Wildman–Crippen MR) is 86.5 cm³/mol. The number of nitrogens with one attached hydrogen (secondary N) is 1. The van der Waals surface area contributed by atoms with Gasteiger partial charge in [0.1, 0.15) is 0 Å². The molecule has 1 amide bonds. The van der Waals surface area contributed by atoms with Gasteiger partial charge in [-0.2, -0.15) is 0 Å². The molecule has 0 aliphatic carbocycles. The Morgan fingerprint density at radius 1 is 1.39 bits per heavy atom. The van der Waals surface area contributed by atoms with Gasteiger partial charge in [0.15, 0.2) is 12.4 Å². The Labute approximate surface area is 135 Å². The molecule has 1 fully saturated rings. The number of likely N-dealkylation sites (tertiary alicyclic amines) is 1. The molecule has 1 aliphatic rings. The molecule has 7 nitrogen and oxygen atoms in total. The summed E-state index contributed by atoms with van der Waals surface area (Å²) in [6.07, 6.45) is 3.00. The second-order valence-corrected chi connectivity index (χ2v) is 5.70. The molecular formula is C16H23N3O4. The van der Waals surface area contributed by atoms with E-state index in [9.17, 15) is 14.9 Å². The topological polar surface area (TPSA) is 84.7 Å². The van der Waals surface area contributed by atoms with Crippen molar-refractivity contribution in [2.75, 3.05) is 26.2 Å². The fourth-order valence-electron chi connectivity index (χ4n) is 2.76. The number of carbonyl (C=O) groups excluding carboxylic acids is 1. The van der Waals surface area contributed by atoms with Gasteiger partial charge in [-0.3, -0.25) is 14.9 Å². The van der Waals surface area contributed by atoms with Crippen LogP contribution in [0.5, 0.6) is 5.75 Å². The largest absolute Gasteiger partial charge is 0.477 e. The second kappa shape index (κ2) is 8.47. The van der Waals surface area contributed by atoms with Crippen LogP contribution in [0, 0.1) is 10.1 Å². The number of amides is 1. The first-order valence-electron chi connectivity index (χ1n) is 7.98. The summed E-state index contributed by atoms with van der Waals surface area (Å²) in [6, 6.07) is 6.22. The molecule has 0 atom stereocenters. The van der Waals surface area contributed by atoms with E-state index in [2.05, 4.69) is 17.1 Å². The van der Waals surface area contributed by atoms with Gasteiger partial charge in [-0.15, -0.1) is 0 Å². The summed E-state index contributed by atoms with van der Waals surface area (Å²) in [5.41, 5.74) is -0.131. The lowest BCUT2D eigenvalue weighted by Gasteiger charge is -2.32. The number of nitrogens with zero attached hydrogens (tertiary/aromatic N) is 2. The minimum Gasteiger partial charge on any atom is -0.477 e. The molecule has 0 unspecified atom stereocenters. The van der Waals surface area contributed by atoms with Crippen LogP contribution in [-0.4, -0.2) is 48.0 Å². The van der Waals surface area contributed by atoms with Crippen molar-refractivity contribution in [2.45, 2.75) is 32.2 Å². The van der Waals surface area contributed by atoms with Gasteiger partial charge in [-0.1, -0.05) is 19.1 Å². The van der Waals surface area contributed by atoms with Crippen LogP contribution in [0.1, 0.15) is 26.2 Å². The molecule has 0 bridgehead atoms. The van der Waals surface area contributed by atoms with Crippen molar-refractivity contribution in [3.63, 3.8) is 0 Å². The number of nitro benzene ring substituents is 1. The first-order chi connectivity index (χ1) is 11.1. The average Bonchev–Trinajstić information content (AvgIpc) is 2.55. The molecule has 126 valence electrons. The lowest BCUT2D eigenvalue weighted by atomic mass is 10.0. The van der Waals surface area contributed by atoms with Crippen LogP contribution in [-0.2, 0) is 4.79 Å². The summed E-state index contributed by atoms with van der Waals surface area (Å²) < 4.78 is 5.30. The van der Waals surface area contributed by atoms with Gasteiger partial charge in [0.25, 0.3) is 5.91 Å². The van der Waals surface area contributed by atoms with Crippen LogP contribution in [0.4, 0.5) is 5.69 Å². The number of piperidine rings is 1. The quantitative estimate of drug-likeness (QED) is 0.613. The van der Waals surface area contributed by atoms with Crippen LogP contribution in [0.15, 0.2) is 24.3 Å². The summed E-state index contributed by atoms with van der Waals surface area (Å²) in [4.78, 5) is 24.7. The third kappa shape index (κ3) is 5.21. The second-order valence-electron chi connectivity index (χ2n) is 5.70. The van der Waals surface area contributed by atoms with Crippen molar-refractivity contribution in [1.82, 2.24) is 10.2 Å². The van der Waals surface area contributed by atoms with Crippen molar-refractivity contribution < 1.29 is 14.5 Å². The molecule has 0 radical (unpaired) electrons. The van der Waals surface area contributed by atoms with Gasteiger partial charge >= 0.3 is 5.69 Å². The summed E-state index contributed by atoms with van der Waals surface area (Å²) in [5.74, 6) is -0.123. The van der Waals surface area contributed by atoms with Crippen molar-refractivity contribution in [1.29, 1.82) is 0 Å². The van der Waals surface area contributed by atoms with Gasteiger partial charge in [0, 0.05) is 25.2 Å². The zero-order valence-electron chi connectivity index (χ0n) is 13.4. The Balaban J connectivity index is 1.77. The molecular weight excluding hydrogens is 298 g/mol. The van der Waals surface area contributed by atoms with E-state index in [1.54, 1.807) is 12.1 Å². The van der Waals surface area contributed by atoms with Gasteiger partial charge in [0.05, 0.1) is 4.92 Å². The maximum atomic E-state index is 12.0. The zero-order chi connectivity index (χ0) is 16.7. The third-order valence-electron chi connectivity index (χ3n) is 3.91. The number of benzene rings is 1. The van der Waals surface area contributed by atoms with Gasteiger partial charge < -0.3 is 15.0 Å². The Morgan fingerprint density at radius 2 is 2.09 bits per heavy atom. The van der Waals surface area contributed by atoms with Crippen LogP contribution in [0.3, 0.4) is 0 Å². The Kier molecular flexibility index (Phi) is 6.34. The highest BCUT2D eigenvalue weighted by Crippen LogP contribution is 2.25. The van der Waals surface area contributed by atoms with Crippen LogP contribution < -0.4 is 10.1 Å². The van der Waals surface area contributed by atoms with Gasteiger partial charge in [-0.25, -0.2) is 0 Å². The summed E-state index contributed by atoms with van der Waals surface area (Å²) in [5, 5.41) is 13.8. The number of rotatable bonds is 7. The zero-order valence-corrected chi connectivity index (χ0v) is 13.4. The van der Waals surface area contributed by atoms with Gasteiger partial charge in [0.2, 0.25) is 0 Å². The Hall–Kier alpha value is -2.15. The molecule has 1 aromatic carbocycles. The number of nitro groups is 1. The molecule has 1 N–H and O–H groups in total. The maximum Gasteiger partial charge on any atom is 0.310 e. The number of ether oxygens (including phenoxy) is 1. The highest BCUT2D eigenvalue weighted by molar-refractivity contribution is 5.78. The molecule has 2 rings (SSSR count). The Bertz CT molecular complexity index is 542. The minimum absolute atomic E-state index is 0.116. The minimum atomic E-state index is -0.517. The standard InChI is InChI=1S/C16H23N3O4/c1-2-9-18-10-7-13(8-11-18)17-16(20)12-23-15-6-4-3-5-14(15)19(21)22/h3-6,13H,2,7-12H2,1H3,(H,17,20). The molecule has 1 heterocycles. The third-order valence-corrected chi connectivity index (χ3v) is 3.91. The molecule has 1 aliphatic heterocycles. The normalized spacial score (nSPS) is 16.0. The molecule has 23 heavy (non-hydrogen) atoms. The summed E-state index contributed by atoms with van der Waals surface area (Å²) in [6.45, 7) is 5.03. The molecule has 1 saturated heterocycles. The van der Waals surface area contributed by atoms with E-state index in [4.69, 9.17) is 4.74 Å². The average molecular weight is 321 g/mol. The first-order valence-corrected chi connectivity index (χ1v) is 7.98. The van der Waals surface area contributed by atoms with Crippen LogP contribution >= 0.6 is 0 Å². The van der Waals surface area contributed by atoms with E-state index in [0.29, 0.717) is 0 Å². The SMILES string of the molecule is CCCN1CCC(NC(=O)COc2ccccc2[N+](=O)[O-])CC1. The van der Waals surface area contributed by atoms with E-state index < -0.39 is 4.92 Å². The highest BCUT2D eigenvalue weighted by atomic mass is 16.6. The van der Waals surface area contributed by atoms with E-state index in [1.807, 2.05) is 0 Å². The van der Waals surface area contributed by atoms with Crippen LogP contribution in [0.2, 0.25) is 0 Å². The molecule has 0 saturated carbocycles. The number of para-hydroxylation sites is 2. The summed E-state index contributed by atoms with van der Waals surface area (Å²) >= 11 is 0. The maximum absolute atomic E-state index is 12.0. The van der Waals surface area contributed by atoms with E-state index in [0.717, 1.165) is 38.9 Å². The Morgan fingerprint density at radius 3 is 2.74 bits per heavy atom. The monoisotopic (exact) mass is 321 g/mol. The molecule has 1 aromatic rings.